The molecule has 1 fully saturated rings. The fourth-order valence-electron chi connectivity index (χ4n) is 2.24. The maximum atomic E-state index is 13.6. The maximum absolute atomic E-state index is 13.6. The van der Waals surface area contributed by atoms with Crippen molar-refractivity contribution in [1.29, 1.82) is 0 Å². The second-order valence-corrected chi connectivity index (χ2v) is 4.40. The Balaban J connectivity index is 0.00000200. The minimum absolute atomic E-state index is 0. The van der Waals surface area contributed by atoms with Crippen molar-refractivity contribution in [3.63, 3.8) is 0 Å². The standard InChI is InChI=1S/C12H13F5N2.ClH/c13-8-1-2-9(10(14)7-8)11(12(15,16)17)19-5-3-18-4-6-19;/h1-2,7,11,18H,3-6H2;1H/t11-;/m0./s1. The molecule has 0 unspecified atom stereocenters. The molecular formula is C12H14ClF5N2. The SMILES string of the molecule is Cl.Fc1ccc([C@H](N2CCNCC2)C(F)(F)F)c(F)c1. The highest BCUT2D eigenvalue weighted by atomic mass is 35.5. The van der Waals surface area contributed by atoms with Crippen molar-refractivity contribution >= 4 is 12.4 Å². The third-order valence-electron chi connectivity index (χ3n) is 3.08. The van der Waals surface area contributed by atoms with E-state index in [1.54, 1.807) is 0 Å². The fraction of sp³-hybridized carbons (Fsp3) is 0.500. The minimum atomic E-state index is -4.60. The van der Waals surface area contributed by atoms with Crippen LogP contribution in [0.3, 0.4) is 0 Å². The first-order chi connectivity index (χ1) is 8.89. The summed E-state index contributed by atoms with van der Waals surface area (Å²) in [6, 6.07) is 0.163. The molecular weight excluding hydrogens is 303 g/mol. The first-order valence-corrected chi connectivity index (χ1v) is 5.86. The molecule has 0 saturated carbocycles. The molecule has 0 radical (unpaired) electrons. The summed E-state index contributed by atoms with van der Waals surface area (Å²) in [4.78, 5) is 1.16. The van der Waals surface area contributed by atoms with Crippen LogP contribution in [0.4, 0.5) is 22.0 Å². The van der Waals surface area contributed by atoms with E-state index in [2.05, 4.69) is 5.32 Å². The number of alkyl halides is 3. The molecule has 8 heteroatoms. The van der Waals surface area contributed by atoms with Gasteiger partial charge in [-0.1, -0.05) is 6.07 Å². The number of rotatable bonds is 2. The van der Waals surface area contributed by atoms with E-state index in [9.17, 15) is 22.0 Å². The zero-order valence-electron chi connectivity index (χ0n) is 10.4. The number of hydrogen-bond donors (Lipinski definition) is 1. The zero-order chi connectivity index (χ0) is 14.0. The van der Waals surface area contributed by atoms with Crippen LogP contribution in [0.15, 0.2) is 18.2 Å². The summed E-state index contributed by atoms with van der Waals surface area (Å²) >= 11 is 0. The molecule has 1 aromatic rings. The predicted molar refractivity (Wildman–Crippen MR) is 66.8 cm³/mol. The first-order valence-electron chi connectivity index (χ1n) is 5.86. The van der Waals surface area contributed by atoms with Crippen LogP contribution < -0.4 is 5.32 Å². The Hall–Kier alpha value is -0.920. The molecule has 0 amide bonds. The van der Waals surface area contributed by atoms with Gasteiger partial charge >= 0.3 is 6.18 Å². The Kier molecular flexibility index (Phi) is 5.73. The van der Waals surface area contributed by atoms with Crippen molar-refractivity contribution in [3.05, 3.63) is 35.4 Å². The molecule has 2 rings (SSSR count). The van der Waals surface area contributed by atoms with Crippen molar-refractivity contribution < 1.29 is 22.0 Å². The van der Waals surface area contributed by atoms with Gasteiger partial charge in [-0.3, -0.25) is 4.90 Å². The molecule has 0 aromatic heterocycles. The second kappa shape index (κ2) is 6.69. The molecule has 1 aromatic carbocycles. The Morgan fingerprint density at radius 3 is 2.20 bits per heavy atom. The summed E-state index contributed by atoms with van der Waals surface area (Å²) in [5.74, 6) is -2.05. The average Bonchev–Trinajstić information content (AvgIpc) is 2.32. The van der Waals surface area contributed by atoms with Crippen LogP contribution in [0.2, 0.25) is 0 Å². The highest BCUT2D eigenvalue weighted by Crippen LogP contribution is 2.38. The molecule has 0 bridgehead atoms. The topological polar surface area (TPSA) is 15.3 Å². The fourth-order valence-corrected chi connectivity index (χ4v) is 2.24. The first kappa shape index (κ1) is 17.1. The lowest BCUT2D eigenvalue weighted by Gasteiger charge is -2.36. The lowest BCUT2D eigenvalue weighted by atomic mass is 10.0. The quantitative estimate of drug-likeness (QED) is 0.844. The van der Waals surface area contributed by atoms with Gasteiger partial charge in [-0.05, 0) is 6.07 Å². The Morgan fingerprint density at radius 1 is 1.10 bits per heavy atom. The van der Waals surface area contributed by atoms with E-state index in [0.717, 1.165) is 17.0 Å². The Labute approximate surface area is 119 Å². The van der Waals surface area contributed by atoms with E-state index < -0.39 is 29.4 Å². The third-order valence-corrected chi connectivity index (χ3v) is 3.08. The van der Waals surface area contributed by atoms with Crippen LogP contribution in [-0.2, 0) is 0 Å². The van der Waals surface area contributed by atoms with Crippen molar-refractivity contribution in [2.24, 2.45) is 0 Å². The van der Waals surface area contributed by atoms with Crippen molar-refractivity contribution in [3.8, 4) is 0 Å². The largest absolute Gasteiger partial charge is 0.408 e. The molecule has 1 aliphatic heterocycles. The third kappa shape index (κ3) is 3.80. The summed E-state index contributed by atoms with van der Waals surface area (Å²) in [7, 11) is 0. The van der Waals surface area contributed by atoms with E-state index in [0.29, 0.717) is 19.2 Å². The van der Waals surface area contributed by atoms with Gasteiger partial charge in [0.15, 0.2) is 0 Å². The lowest BCUT2D eigenvalue weighted by Crippen LogP contribution is -2.49. The molecule has 1 N–H and O–H groups in total. The number of hydrogen-bond acceptors (Lipinski definition) is 2. The monoisotopic (exact) mass is 316 g/mol. The molecule has 0 aliphatic carbocycles. The van der Waals surface area contributed by atoms with Gasteiger partial charge in [-0.15, -0.1) is 12.4 Å². The number of benzene rings is 1. The van der Waals surface area contributed by atoms with E-state index in [-0.39, 0.29) is 25.5 Å². The van der Waals surface area contributed by atoms with Gasteiger partial charge in [-0.25, -0.2) is 8.78 Å². The van der Waals surface area contributed by atoms with E-state index in [1.165, 1.54) is 0 Å². The van der Waals surface area contributed by atoms with Gasteiger partial charge in [-0.2, -0.15) is 13.2 Å². The Bertz CT molecular complexity index is 446. The molecule has 1 saturated heterocycles. The highest BCUT2D eigenvalue weighted by molar-refractivity contribution is 5.85. The molecule has 2 nitrogen and oxygen atoms in total. The summed E-state index contributed by atoms with van der Waals surface area (Å²) in [6.07, 6.45) is -4.60. The van der Waals surface area contributed by atoms with Crippen LogP contribution in [0.5, 0.6) is 0 Å². The molecule has 114 valence electrons. The number of nitrogens with one attached hydrogen (secondary N) is 1. The molecule has 0 spiro atoms. The van der Waals surface area contributed by atoms with Gasteiger partial charge in [0.2, 0.25) is 0 Å². The van der Waals surface area contributed by atoms with E-state index in [4.69, 9.17) is 0 Å². The number of piperazine rings is 1. The van der Waals surface area contributed by atoms with Crippen LogP contribution in [-0.4, -0.2) is 37.3 Å². The second-order valence-electron chi connectivity index (χ2n) is 4.40. The van der Waals surface area contributed by atoms with Gasteiger partial charge in [0.1, 0.15) is 17.7 Å². The lowest BCUT2D eigenvalue weighted by molar-refractivity contribution is -0.188. The highest BCUT2D eigenvalue weighted by Gasteiger charge is 2.46. The number of nitrogens with zero attached hydrogens (tertiary/aromatic N) is 1. The minimum Gasteiger partial charge on any atom is -0.314 e. The van der Waals surface area contributed by atoms with Crippen molar-refractivity contribution in [1.82, 2.24) is 10.2 Å². The van der Waals surface area contributed by atoms with E-state index >= 15 is 0 Å². The van der Waals surface area contributed by atoms with Crippen molar-refractivity contribution in [2.75, 3.05) is 26.2 Å². The normalized spacial score (nSPS) is 18.4. The van der Waals surface area contributed by atoms with Gasteiger partial charge < -0.3 is 5.32 Å². The van der Waals surface area contributed by atoms with E-state index in [1.807, 2.05) is 0 Å². The molecule has 20 heavy (non-hydrogen) atoms. The number of halogens is 6. The molecule has 1 atom stereocenters. The summed E-state index contributed by atoms with van der Waals surface area (Å²) < 4.78 is 65.9. The Morgan fingerprint density at radius 2 is 1.70 bits per heavy atom. The zero-order valence-corrected chi connectivity index (χ0v) is 11.2. The van der Waals surface area contributed by atoms with Crippen LogP contribution in [0, 0.1) is 11.6 Å². The van der Waals surface area contributed by atoms with Crippen LogP contribution >= 0.6 is 12.4 Å². The summed E-state index contributed by atoms with van der Waals surface area (Å²) in [5.41, 5.74) is -0.532. The van der Waals surface area contributed by atoms with Gasteiger partial charge in [0, 0.05) is 37.8 Å². The molecule has 1 aliphatic rings. The van der Waals surface area contributed by atoms with Crippen LogP contribution in [0.25, 0.3) is 0 Å². The maximum Gasteiger partial charge on any atom is 0.408 e. The molecule has 1 heterocycles. The van der Waals surface area contributed by atoms with Gasteiger partial charge in [0.05, 0.1) is 0 Å². The van der Waals surface area contributed by atoms with Crippen molar-refractivity contribution in [2.45, 2.75) is 12.2 Å². The summed E-state index contributed by atoms with van der Waals surface area (Å²) in [6.45, 7) is 1.16. The van der Waals surface area contributed by atoms with Crippen LogP contribution in [0.1, 0.15) is 11.6 Å². The average molecular weight is 317 g/mol. The predicted octanol–water partition coefficient (Wildman–Crippen LogP) is 2.90. The van der Waals surface area contributed by atoms with Gasteiger partial charge in [0.25, 0.3) is 0 Å². The summed E-state index contributed by atoms with van der Waals surface area (Å²) in [5, 5.41) is 2.93. The smallest absolute Gasteiger partial charge is 0.314 e.